The van der Waals surface area contributed by atoms with Crippen molar-refractivity contribution in [2.45, 2.75) is 12.3 Å². The summed E-state index contributed by atoms with van der Waals surface area (Å²) in [6, 6.07) is 7.62. The van der Waals surface area contributed by atoms with Gasteiger partial charge in [-0.3, -0.25) is 0 Å². The Morgan fingerprint density at radius 3 is 2.75 bits per heavy atom. The van der Waals surface area contributed by atoms with Crippen molar-refractivity contribution >= 4 is 11.6 Å². The van der Waals surface area contributed by atoms with Gasteiger partial charge in [-0.1, -0.05) is 12.1 Å². The first-order valence-electron chi connectivity index (χ1n) is 4.95. The first kappa shape index (κ1) is 11.0. The molecule has 84 valence electrons. The minimum atomic E-state index is -0.233. The fourth-order valence-electron chi connectivity index (χ4n) is 1.44. The van der Waals surface area contributed by atoms with Crippen molar-refractivity contribution in [3.8, 4) is 17.1 Å². The summed E-state index contributed by atoms with van der Waals surface area (Å²) in [5.41, 5.74) is 0.876. The lowest BCUT2D eigenvalue weighted by Gasteiger charge is -2.04. The zero-order valence-electron chi connectivity index (χ0n) is 9.11. The van der Waals surface area contributed by atoms with Gasteiger partial charge in [-0.2, -0.15) is 0 Å². The third-order valence-electron chi connectivity index (χ3n) is 2.24. The summed E-state index contributed by atoms with van der Waals surface area (Å²) in [5.74, 6) is 1.94. The van der Waals surface area contributed by atoms with Crippen LogP contribution in [0.3, 0.4) is 0 Å². The van der Waals surface area contributed by atoms with Gasteiger partial charge in [0.05, 0.1) is 18.9 Å². The summed E-state index contributed by atoms with van der Waals surface area (Å²) in [4.78, 5) is 4.11. The molecule has 1 atom stereocenters. The Morgan fingerprint density at radius 2 is 2.12 bits per heavy atom. The van der Waals surface area contributed by atoms with Crippen LogP contribution < -0.4 is 4.74 Å². The van der Waals surface area contributed by atoms with Gasteiger partial charge in [0.15, 0.2) is 5.76 Å². The first-order valence-corrected chi connectivity index (χ1v) is 5.39. The van der Waals surface area contributed by atoms with Crippen LogP contribution in [-0.2, 0) is 0 Å². The van der Waals surface area contributed by atoms with Gasteiger partial charge in [0.25, 0.3) is 0 Å². The van der Waals surface area contributed by atoms with Crippen molar-refractivity contribution in [2.75, 3.05) is 7.11 Å². The van der Waals surface area contributed by atoms with Crippen molar-refractivity contribution in [1.29, 1.82) is 0 Å². The van der Waals surface area contributed by atoms with E-state index in [9.17, 15) is 0 Å². The molecule has 0 bridgehead atoms. The molecule has 1 aromatic carbocycles. The molecule has 1 heterocycles. The molecule has 1 aromatic heterocycles. The van der Waals surface area contributed by atoms with Crippen LogP contribution in [0.25, 0.3) is 11.3 Å². The highest BCUT2D eigenvalue weighted by molar-refractivity contribution is 6.20. The number of oxazole rings is 1. The number of hydrogen-bond acceptors (Lipinski definition) is 3. The van der Waals surface area contributed by atoms with E-state index in [1.54, 1.807) is 13.3 Å². The zero-order valence-corrected chi connectivity index (χ0v) is 9.86. The van der Waals surface area contributed by atoms with E-state index in [4.69, 9.17) is 20.8 Å². The van der Waals surface area contributed by atoms with E-state index in [1.807, 2.05) is 31.2 Å². The SMILES string of the molecule is COc1ccccc1-c1cnc(C(C)Cl)o1. The van der Waals surface area contributed by atoms with Gasteiger partial charge >= 0.3 is 0 Å². The second kappa shape index (κ2) is 4.58. The van der Waals surface area contributed by atoms with E-state index in [0.717, 1.165) is 11.3 Å². The fourth-order valence-corrected chi connectivity index (χ4v) is 1.55. The summed E-state index contributed by atoms with van der Waals surface area (Å²) >= 11 is 5.89. The average molecular weight is 238 g/mol. The molecule has 0 aliphatic heterocycles. The van der Waals surface area contributed by atoms with Crippen LogP contribution in [0.5, 0.6) is 5.75 Å². The minimum Gasteiger partial charge on any atom is -0.496 e. The van der Waals surface area contributed by atoms with Gasteiger partial charge in [-0.05, 0) is 19.1 Å². The summed E-state index contributed by atoms with van der Waals surface area (Å²) in [5, 5.41) is -0.233. The van der Waals surface area contributed by atoms with Gasteiger partial charge in [0, 0.05) is 0 Å². The second-order valence-electron chi connectivity index (χ2n) is 3.38. The van der Waals surface area contributed by atoms with Gasteiger partial charge < -0.3 is 9.15 Å². The number of aromatic nitrogens is 1. The van der Waals surface area contributed by atoms with E-state index in [0.29, 0.717) is 11.7 Å². The van der Waals surface area contributed by atoms with Gasteiger partial charge in [0.1, 0.15) is 11.1 Å². The molecule has 0 saturated heterocycles. The number of methoxy groups -OCH3 is 1. The summed E-state index contributed by atoms with van der Waals surface area (Å²) < 4.78 is 10.8. The Morgan fingerprint density at radius 1 is 1.38 bits per heavy atom. The summed E-state index contributed by atoms with van der Waals surface area (Å²) in [7, 11) is 1.63. The molecule has 4 heteroatoms. The number of alkyl halides is 1. The van der Waals surface area contributed by atoms with Crippen LogP contribution >= 0.6 is 11.6 Å². The Labute approximate surface area is 99.0 Å². The Balaban J connectivity index is 2.42. The van der Waals surface area contributed by atoms with Crippen molar-refractivity contribution in [3.05, 3.63) is 36.4 Å². The number of benzene rings is 1. The predicted molar refractivity (Wildman–Crippen MR) is 62.8 cm³/mol. The molecule has 16 heavy (non-hydrogen) atoms. The molecule has 3 nitrogen and oxygen atoms in total. The van der Waals surface area contributed by atoms with E-state index in [2.05, 4.69) is 4.98 Å². The van der Waals surface area contributed by atoms with Crippen LogP contribution in [0, 0.1) is 0 Å². The number of hydrogen-bond donors (Lipinski definition) is 0. The number of ether oxygens (including phenoxy) is 1. The lowest BCUT2D eigenvalue weighted by Crippen LogP contribution is -1.85. The lowest BCUT2D eigenvalue weighted by molar-refractivity contribution is 0.414. The highest BCUT2D eigenvalue weighted by atomic mass is 35.5. The maximum atomic E-state index is 5.89. The van der Waals surface area contributed by atoms with Crippen molar-refractivity contribution in [2.24, 2.45) is 0 Å². The topological polar surface area (TPSA) is 35.3 Å². The van der Waals surface area contributed by atoms with E-state index in [1.165, 1.54) is 0 Å². The standard InChI is InChI=1S/C12H12ClNO2/c1-8(13)12-14-7-11(16-12)9-5-3-4-6-10(9)15-2/h3-8H,1-2H3. The number of halogens is 1. The maximum absolute atomic E-state index is 5.89. The molecule has 0 spiro atoms. The Kier molecular flexibility index (Phi) is 3.15. The molecule has 0 aliphatic carbocycles. The number of para-hydroxylation sites is 1. The maximum Gasteiger partial charge on any atom is 0.212 e. The molecule has 2 rings (SSSR count). The lowest BCUT2D eigenvalue weighted by atomic mass is 10.1. The molecular weight excluding hydrogens is 226 g/mol. The zero-order chi connectivity index (χ0) is 11.5. The molecule has 0 saturated carbocycles. The van der Waals surface area contributed by atoms with Gasteiger partial charge in [-0.15, -0.1) is 11.6 Å². The van der Waals surface area contributed by atoms with Crippen LogP contribution in [0.4, 0.5) is 0 Å². The largest absolute Gasteiger partial charge is 0.496 e. The molecule has 2 aromatic rings. The van der Waals surface area contributed by atoms with Crippen molar-refractivity contribution < 1.29 is 9.15 Å². The van der Waals surface area contributed by atoms with E-state index < -0.39 is 0 Å². The normalized spacial score (nSPS) is 12.4. The van der Waals surface area contributed by atoms with Gasteiger partial charge in [0.2, 0.25) is 5.89 Å². The number of rotatable bonds is 3. The molecule has 0 radical (unpaired) electrons. The third-order valence-corrected chi connectivity index (χ3v) is 2.42. The Bertz CT molecular complexity index is 479. The number of nitrogens with zero attached hydrogens (tertiary/aromatic N) is 1. The molecule has 0 amide bonds. The van der Waals surface area contributed by atoms with Crippen LogP contribution in [0.2, 0.25) is 0 Å². The Hall–Kier alpha value is -1.48. The average Bonchev–Trinajstić information content (AvgIpc) is 2.78. The predicted octanol–water partition coefficient (Wildman–Crippen LogP) is 3.65. The smallest absolute Gasteiger partial charge is 0.212 e. The quantitative estimate of drug-likeness (QED) is 0.765. The second-order valence-corrected chi connectivity index (χ2v) is 4.03. The van der Waals surface area contributed by atoms with E-state index in [-0.39, 0.29) is 5.38 Å². The first-order chi connectivity index (χ1) is 7.72. The monoisotopic (exact) mass is 237 g/mol. The fraction of sp³-hybridized carbons (Fsp3) is 0.250. The van der Waals surface area contributed by atoms with Crippen molar-refractivity contribution in [3.63, 3.8) is 0 Å². The molecule has 1 unspecified atom stereocenters. The molecule has 0 aliphatic rings. The van der Waals surface area contributed by atoms with Crippen LogP contribution in [0.1, 0.15) is 18.2 Å². The minimum absolute atomic E-state index is 0.233. The van der Waals surface area contributed by atoms with E-state index >= 15 is 0 Å². The van der Waals surface area contributed by atoms with Crippen LogP contribution in [0.15, 0.2) is 34.9 Å². The summed E-state index contributed by atoms with van der Waals surface area (Å²) in [6.45, 7) is 1.82. The molecule has 0 fully saturated rings. The summed E-state index contributed by atoms with van der Waals surface area (Å²) in [6.07, 6.45) is 1.66. The van der Waals surface area contributed by atoms with Gasteiger partial charge in [-0.25, -0.2) is 4.98 Å². The third kappa shape index (κ3) is 2.04. The molecule has 0 N–H and O–H groups in total. The van der Waals surface area contributed by atoms with Crippen molar-refractivity contribution in [1.82, 2.24) is 4.98 Å². The highest BCUT2D eigenvalue weighted by Gasteiger charge is 2.13. The highest BCUT2D eigenvalue weighted by Crippen LogP contribution is 2.31. The molecular formula is C12H12ClNO2. The van der Waals surface area contributed by atoms with Crippen LogP contribution in [-0.4, -0.2) is 12.1 Å².